The van der Waals surface area contributed by atoms with Gasteiger partial charge in [-0.2, -0.15) is 0 Å². The molecule has 1 amide bonds. The predicted molar refractivity (Wildman–Crippen MR) is 57.1 cm³/mol. The maximum atomic E-state index is 11.1. The molecule has 13 heavy (non-hydrogen) atoms. The Kier molecular flexibility index (Phi) is 4.73. The minimum Gasteiger partial charge on any atom is -0.355 e. The normalized spacial score (nSPS) is 16.2. The number of likely N-dealkylation sites (N-methyl/N-ethyl adjacent to an activating group) is 1. The van der Waals surface area contributed by atoms with E-state index in [2.05, 4.69) is 33.2 Å². The SMILES string of the molecule is CN(CCNC(=O)CCBr)C1CC1. The maximum Gasteiger partial charge on any atom is 0.220 e. The number of rotatable bonds is 6. The zero-order chi connectivity index (χ0) is 9.68. The third-order valence-electron chi connectivity index (χ3n) is 2.28. The highest BCUT2D eigenvalue weighted by Crippen LogP contribution is 2.24. The summed E-state index contributed by atoms with van der Waals surface area (Å²) in [5.41, 5.74) is 0. The average Bonchev–Trinajstić information content (AvgIpc) is 2.86. The molecule has 0 aromatic carbocycles. The van der Waals surface area contributed by atoms with Crippen LogP contribution in [0.2, 0.25) is 0 Å². The summed E-state index contributed by atoms with van der Waals surface area (Å²) in [4.78, 5) is 13.4. The van der Waals surface area contributed by atoms with Gasteiger partial charge in [-0.25, -0.2) is 0 Å². The Bertz CT molecular complexity index is 171. The van der Waals surface area contributed by atoms with E-state index in [1.807, 2.05) is 0 Å². The van der Waals surface area contributed by atoms with Crippen LogP contribution in [-0.4, -0.2) is 42.3 Å². The van der Waals surface area contributed by atoms with Gasteiger partial charge in [0.1, 0.15) is 0 Å². The van der Waals surface area contributed by atoms with Gasteiger partial charge in [0.2, 0.25) is 5.91 Å². The summed E-state index contributed by atoms with van der Waals surface area (Å²) >= 11 is 3.23. The molecule has 1 N–H and O–H groups in total. The largest absolute Gasteiger partial charge is 0.355 e. The van der Waals surface area contributed by atoms with Crippen molar-refractivity contribution in [2.75, 3.05) is 25.5 Å². The van der Waals surface area contributed by atoms with Crippen LogP contribution in [0.15, 0.2) is 0 Å². The van der Waals surface area contributed by atoms with E-state index in [0.29, 0.717) is 6.42 Å². The number of halogens is 1. The van der Waals surface area contributed by atoms with Gasteiger partial charge in [0.05, 0.1) is 0 Å². The summed E-state index contributed by atoms with van der Waals surface area (Å²) in [6.07, 6.45) is 3.23. The van der Waals surface area contributed by atoms with E-state index in [-0.39, 0.29) is 5.91 Å². The first-order valence-corrected chi connectivity index (χ1v) is 5.89. The first-order chi connectivity index (χ1) is 6.24. The third kappa shape index (κ3) is 4.62. The first-order valence-electron chi connectivity index (χ1n) is 4.77. The molecule has 76 valence electrons. The highest BCUT2D eigenvalue weighted by atomic mass is 79.9. The van der Waals surface area contributed by atoms with Crippen molar-refractivity contribution in [3.8, 4) is 0 Å². The Morgan fingerprint density at radius 3 is 2.85 bits per heavy atom. The van der Waals surface area contributed by atoms with Gasteiger partial charge < -0.3 is 10.2 Å². The van der Waals surface area contributed by atoms with Crippen molar-refractivity contribution in [3.63, 3.8) is 0 Å². The number of alkyl halides is 1. The van der Waals surface area contributed by atoms with E-state index >= 15 is 0 Å². The first kappa shape index (κ1) is 11.0. The molecule has 0 radical (unpaired) electrons. The van der Waals surface area contributed by atoms with Gasteiger partial charge in [-0.05, 0) is 19.9 Å². The van der Waals surface area contributed by atoms with E-state index in [1.165, 1.54) is 12.8 Å². The van der Waals surface area contributed by atoms with Crippen LogP contribution in [0.25, 0.3) is 0 Å². The molecule has 0 spiro atoms. The number of carbonyl (C=O) groups is 1. The number of nitrogens with zero attached hydrogens (tertiary/aromatic N) is 1. The molecule has 1 fully saturated rings. The molecule has 1 rings (SSSR count). The minimum absolute atomic E-state index is 0.140. The second-order valence-corrected chi connectivity index (χ2v) is 4.29. The zero-order valence-electron chi connectivity index (χ0n) is 8.05. The molecule has 0 aliphatic heterocycles. The topological polar surface area (TPSA) is 32.3 Å². The molecule has 1 aliphatic carbocycles. The molecule has 0 unspecified atom stereocenters. The molecular weight excluding hydrogens is 232 g/mol. The Morgan fingerprint density at radius 1 is 1.62 bits per heavy atom. The summed E-state index contributed by atoms with van der Waals surface area (Å²) in [7, 11) is 2.12. The van der Waals surface area contributed by atoms with Gasteiger partial charge in [0.25, 0.3) is 0 Å². The fourth-order valence-electron chi connectivity index (χ4n) is 1.24. The fourth-order valence-corrected chi connectivity index (χ4v) is 1.60. The monoisotopic (exact) mass is 248 g/mol. The van der Waals surface area contributed by atoms with Gasteiger partial charge >= 0.3 is 0 Å². The molecule has 0 bridgehead atoms. The van der Waals surface area contributed by atoms with Crippen LogP contribution >= 0.6 is 15.9 Å². The van der Waals surface area contributed by atoms with Gasteiger partial charge in [-0.1, -0.05) is 15.9 Å². The Balaban J connectivity index is 1.96. The Morgan fingerprint density at radius 2 is 2.31 bits per heavy atom. The van der Waals surface area contributed by atoms with Crippen LogP contribution in [0.5, 0.6) is 0 Å². The van der Waals surface area contributed by atoms with Crippen molar-refractivity contribution in [1.82, 2.24) is 10.2 Å². The lowest BCUT2D eigenvalue weighted by atomic mass is 10.4. The van der Waals surface area contributed by atoms with E-state index in [4.69, 9.17) is 0 Å². The molecular formula is C9H17BrN2O. The van der Waals surface area contributed by atoms with E-state index in [0.717, 1.165) is 24.5 Å². The number of carbonyl (C=O) groups excluding carboxylic acids is 1. The van der Waals surface area contributed by atoms with Crippen molar-refractivity contribution in [2.45, 2.75) is 25.3 Å². The van der Waals surface area contributed by atoms with Gasteiger partial charge in [-0.15, -0.1) is 0 Å². The van der Waals surface area contributed by atoms with E-state index < -0.39 is 0 Å². The highest BCUT2D eigenvalue weighted by molar-refractivity contribution is 9.09. The summed E-state index contributed by atoms with van der Waals surface area (Å²) in [5, 5.41) is 3.63. The fraction of sp³-hybridized carbons (Fsp3) is 0.889. The average molecular weight is 249 g/mol. The summed E-state index contributed by atoms with van der Waals surface area (Å²) in [6.45, 7) is 1.75. The van der Waals surface area contributed by atoms with E-state index in [1.54, 1.807) is 0 Å². The molecule has 0 saturated heterocycles. The summed E-state index contributed by atoms with van der Waals surface area (Å²) in [5.74, 6) is 0.140. The number of amides is 1. The maximum absolute atomic E-state index is 11.1. The molecule has 1 aliphatic rings. The Labute approximate surface area is 88.0 Å². The van der Waals surface area contributed by atoms with Gasteiger partial charge in [-0.3, -0.25) is 4.79 Å². The molecule has 0 heterocycles. The molecule has 1 saturated carbocycles. The lowest BCUT2D eigenvalue weighted by Gasteiger charge is -2.15. The lowest BCUT2D eigenvalue weighted by molar-refractivity contribution is -0.120. The van der Waals surface area contributed by atoms with Gasteiger partial charge in [0.15, 0.2) is 0 Å². The predicted octanol–water partition coefficient (Wildman–Crippen LogP) is 0.982. The van der Waals surface area contributed by atoms with Crippen molar-refractivity contribution in [3.05, 3.63) is 0 Å². The second-order valence-electron chi connectivity index (χ2n) is 3.50. The third-order valence-corrected chi connectivity index (χ3v) is 2.67. The number of hydrogen-bond donors (Lipinski definition) is 1. The van der Waals surface area contributed by atoms with Crippen molar-refractivity contribution in [1.29, 1.82) is 0 Å². The van der Waals surface area contributed by atoms with Crippen LogP contribution in [0, 0.1) is 0 Å². The van der Waals surface area contributed by atoms with Crippen molar-refractivity contribution >= 4 is 21.8 Å². The van der Waals surface area contributed by atoms with Crippen LogP contribution in [0.1, 0.15) is 19.3 Å². The zero-order valence-corrected chi connectivity index (χ0v) is 9.64. The van der Waals surface area contributed by atoms with Crippen LogP contribution in [0.4, 0.5) is 0 Å². The highest BCUT2D eigenvalue weighted by Gasteiger charge is 2.25. The van der Waals surface area contributed by atoms with Crippen molar-refractivity contribution < 1.29 is 4.79 Å². The second kappa shape index (κ2) is 5.60. The quantitative estimate of drug-likeness (QED) is 0.712. The molecule has 0 aromatic rings. The Hall–Kier alpha value is -0.0900. The van der Waals surface area contributed by atoms with Crippen LogP contribution < -0.4 is 5.32 Å². The van der Waals surface area contributed by atoms with E-state index in [9.17, 15) is 4.79 Å². The van der Waals surface area contributed by atoms with Crippen LogP contribution in [0.3, 0.4) is 0 Å². The number of hydrogen-bond acceptors (Lipinski definition) is 2. The standard InChI is InChI=1S/C9H17BrN2O/c1-12(8-2-3-8)7-6-11-9(13)4-5-10/h8H,2-7H2,1H3,(H,11,13). The summed E-state index contributed by atoms with van der Waals surface area (Å²) in [6, 6.07) is 0.785. The smallest absolute Gasteiger partial charge is 0.220 e. The molecule has 0 aromatic heterocycles. The summed E-state index contributed by atoms with van der Waals surface area (Å²) < 4.78 is 0. The minimum atomic E-state index is 0.140. The van der Waals surface area contributed by atoms with Crippen molar-refractivity contribution in [2.24, 2.45) is 0 Å². The number of nitrogens with one attached hydrogen (secondary N) is 1. The molecule has 0 atom stereocenters. The van der Waals surface area contributed by atoms with Gasteiger partial charge in [0, 0.05) is 30.9 Å². The van der Waals surface area contributed by atoms with Crippen LogP contribution in [-0.2, 0) is 4.79 Å². The lowest BCUT2D eigenvalue weighted by Crippen LogP contribution is -2.33. The molecule has 3 nitrogen and oxygen atoms in total. The molecule has 4 heteroatoms.